The fourth-order valence-corrected chi connectivity index (χ4v) is 3.43. The van der Waals surface area contributed by atoms with Crippen LogP contribution < -0.4 is 10.7 Å². The van der Waals surface area contributed by atoms with E-state index in [0.29, 0.717) is 22.1 Å². The zero-order valence-electron chi connectivity index (χ0n) is 16.6. The Morgan fingerprint density at radius 3 is 2.74 bits per heavy atom. The molecule has 8 heteroatoms. The second-order valence-corrected chi connectivity index (χ2v) is 7.46. The molecule has 156 valence electrons. The minimum Gasteiger partial charge on any atom is -0.467 e. The Labute approximate surface area is 182 Å². The monoisotopic (exact) mass is 435 g/mol. The van der Waals surface area contributed by atoms with E-state index in [0.717, 1.165) is 0 Å². The summed E-state index contributed by atoms with van der Waals surface area (Å²) in [6.07, 6.45) is 2.91. The van der Waals surface area contributed by atoms with Crippen molar-refractivity contribution >= 4 is 34.3 Å². The number of carbonyl (C=O) groups excluding carboxylic acids is 2. The van der Waals surface area contributed by atoms with E-state index in [1.807, 2.05) is 0 Å². The number of fused-ring (bicyclic) bond motifs is 1. The molecule has 1 N–H and O–H groups in total. The minimum absolute atomic E-state index is 0.0562. The third-order valence-corrected chi connectivity index (χ3v) is 4.98. The summed E-state index contributed by atoms with van der Waals surface area (Å²) >= 11 is 6.00. The number of hydrogen-bond acceptors (Lipinski definition) is 5. The van der Waals surface area contributed by atoms with Crippen molar-refractivity contribution in [2.24, 2.45) is 0 Å². The molecule has 1 aromatic carbocycles. The maximum atomic E-state index is 13.0. The van der Waals surface area contributed by atoms with Crippen molar-refractivity contribution < 1.29 is 14.0 Å². The first kappa shape index (κ1) is 20.6. The van der Waals surface area contributed by atoms with Crippen LogP contribution >= 0.6 is 11.6 Å². The highest BCUT2D eigenvalue weighted by atomic mass is 35.5. The van der Waals surface area contributed by atoms with Crippen LogP contribution in [-0.4, -0.2) is 21.2 Å². The lowest BCUT2D eigenvalue weighted by Crippen LogP contribution is -2.29. The van der Waals surface area contributed by atoms with E-state index in [1.54, 1.807) is 49.4 Å². The highest BCUT2D eigenvalue weighted by Gasteiger charge is 2.19. The molecule has 0 fully saturated rings. The number of benzene rings is 1. The molecule has 4 rings (SSSR count). The average Bonchev–Trinajstić information content (AvgIpc) is 3.27. The van der Waals surface area contributed by atoms with Crippen LogP contribution in [0.5, 0.6) is 0 Å². The zero-order valence-corrected chi connectivity index (χ0v) is 17.3. The number of carbonyl (C=O) groups is 2. The molecule has 0 aliphatic carbocycles. The number of nitrogens with zero attached hydrogens (tertiary/aromatic N) is 2. The van der Waals surface area contributed by atoms with Gasteiger partial charge in [0.1, 0.15) is 18.0 Å². The van der Waals surface area contributed by atoms with E-state index in [9.17, 15) is 14.4 Å². The average molecular weight is 436 g/mol. The highest BCUT2D eigenvalue weighted by Crippen LogP contribution is 2.16. The summed E-state index contributed by atoms with van der Waals surface area (Å²) in [5, 5.41) is 3.41. The van der Waals surface area contributed by atoms with Crippen molar-refractivity contribution in [2.45, 2.75) is 20.0 Å². The third kappa shape index (κ3) is 4.41. The van der Waals surface area contributed by atoms with Crippen molar-refractivity contribution in [1.82, 2.24) is 14.9 Å². The predicted octanol–water partition coefficient (Wildman–Crippen LogP) is 3.50. The molecule has 0 radical (unpaired) electrons. The quantitative estimate of drug-likeness (QED) is 0.468. The molecule has 0 aliphatic rings. The molecule has 4 aromatic rings. The van der Waals surface area contributed by atoms with Gasteiger partial charge in [0.2, 0.25) is 11.3 Å². The van der Waals surface area contributed by atoms with E-state index in [-0.39, 0.29) is 35.5 Å². The summed E-state index contributed by atoms with van der Waals surface area (Å²) in [4.78, 5) is 43.0. The van der Waals surface area contributed by atoms with Crippen LogP contribution in [-0.2, 0) is 17.9 Å². The first-order chi connectivity index (χ1) is 14.9. The summed E-state index contributed by atoms with van der Waals surface area (Å²) in [6, 6.07) is 13.2. The Balaban J connectivity index is 1.73. The fourth-order valence-electron chi connectivity index (χ4n) is 3.24. The van der Waals surface area contributed by atoms with Crippen molar-refractivity contribution in [3.8, 4) is 0 Å². The molecule has 0 bridgehead atoms. The normalized spacial score (nSPS) is 10.9. The van der Waals surface area contributed by atoms with Crippen LogP contribution in [0.4, 0.5) is 0 Å². The molecule has 0 unspecified atom stereocenters. The van der Waals surface area contributed by atoms with Gasteiger partial charge >= 0.3 is 0 Å². The number of amides is 1. The number of halogens is 1. The van der Waals surface area contributed by atoms with Crippen LogP contribution in [0, 0.1) is 6.92 Å². The second kappa shape index (κ2) is 8.57. The van der Waals surface area contributed by atoms with Gasteiger partial charge in [0, 0.05) is 22.5 Å². The highest BCUT2D eigenvalue weighted by molar-refractivity contribution is 6.31. The number of aryl methyl sites for hydroxylation is 1. The Kier molecular flexibility index (Phi) is 5.68. The largest absolute Gasteiger partial charge is 0.467 e. The summed E-state index contributed by atoms with van der Waals surface area (Å²) in [7, 11) is 0. The van der Waals surface area contributed by atoms with Gasteiger partial charge in [-0.1, -0.05) is 23.7 Å². The van der Waals surface area contributed by atoms with Crippen LogP contribution in [0.15, 0.2) is 70.2 Å². The molecule has 3 heterocycles. The van der Waals surface area contributed by atoms with Gasteiger partial charge < -0.3 is 14.3 Å². The van der Waals surface area contributed by atoms with E-state index < -0.39 is 11.2 Å². The number of aromatic nitrogens is 2. The van der Waals surface area contributed by atoms with Gasteiger partial charge in [-0.05, 0) is 43.3 Å². The van der Waals surface area contributed by atoms with Crippen LogP contribution in [0.2, 0.25) is 5.02 Å². The maximum absolute atomic E-state index is 13.0. The molecule has 0 saturated carbocycles. The third-order valence-electron chi connectivity index (χ3n) is 4.75. The number of hydrogen-bond donors (Lipinski definition) is 1. The van der Waals surface area contributed by atoms with E-state index in [1.165, 1.54) is 23.1 Å². The smallest absolute Gasteiger partial charge is 0.240 e. The molecular weight excluding hydrogens is 418 g/mol. The second-order valence-electron chi connectivity index (χ2n) is 7.02. The predicted molar refractivity (Wildman–Crippen MR) is 116 cm³/mol. The first-order valence-electron chi connectivity index (χ1n) is 9.52. The fraction of sp³-hybridized carbons (Fsp3) is 0.130. The SMILES string of the molecule is Cc1ccc2c(=O)c(C(=O)c3cccc(Cl)c3)cn(CC(=O)NCc3ccco3)c2n1. The first-order valence-corrected chi connectivity index (χ1v) is 9.90. The molecule has 3 aromatic heterocycles. The maximum Gasteiger partial charge on any atom is 0.240 e. The number of ketones is 1. The van der Waals surface area contributed by atoms with E-state index in [4.69, 9.17) is 16.0 Å². The zero-order chi connectivity index (χ0) is 22.0. The van der Waals surface area contributed by atoms with Gasteiger partial charge in [-0.2, -0.15) is 0 Å². The van der Waals surface area contributed by atoms with Crippen LogP contribution in [0.1, 0.15) is 27.4 Å². The van der Waals surface area contributed by atoms with Crippen molar-refractivity contribution in [3.63, 3.8) is 0 Å². The molecule has 0 atom stereocenters. The van der Waals surface area contributed by atoms with E-state index in [2.05, 4.69) is 10.3 Å². The van der Waals surface area contributed by atoms with Gasteiger partial charge in [0.05, 0.1) is 23.8 Å². The van der Waals surface area contributed by atoms with Gasteiger partial charge in [-0.25, -0.2) is 4.98 Å². The lowest BCUT2D eigenvalue weighted by atomic mass is 10.0. The molecule has 0 spiro atoms. The van der Waals surface area contributed by atoms with Gasteiger partial charge in [0.25, 0.3) is 0 Å². The summed E-state index contributed by atoms with van der Waals surface area (Å²) in [6.45, 7) is 1.89. The van der Waals surface area contributed by atoms with Gasteiger partial charge in [0.15, 0.2) is 5.78 Å². The minimum atomic E-state index is -0.472. The number of rotatable bonds is 6. The van der Waals surface area contributed by atoms with Crippen LogP contribution in [0.25, 0.3) is 11.0 Å². The Morgan fingerprint density at radius 1 is 1.16 bits per heavy atom. The lowest BCUT2D eigenvalue weighted by molar-refractivity contribution is -0.121. The van der Waals surface area contributed by atoms with E-state index >= 15 is 0 Å². The molecule has 31 heavy (non-hydrogen) atoms. The summed E-state index contributed by atoms with van der Waals surface area (Å²) in [5.74, 6) is -0.172. The lowest BCUT2D eigenvalue weighted by Gasteiger charge is -2.13. The van der Waals surface area contributed by atoms with Crippen molar-refractivity contribution in [3.05, 3.63) is 98.8 Å². The number of pyridine rings is 2. The standard InChI is InChI=1S/C23H18ClN3O4/c1-14-7-8-18-22(30)19(21(29)15-4-2-5-16(24)10-15)12-27(23(18)26-14)13-20(28)25-11-17-6-3-9-31-17/h2-10,12H,11,13H2,1H3,(H,25,28). The Bertz CT molecular complexity index is 1340. The Morgan fingerprint density at radius 2 is 2.00 bits per heavy atom. The number of furan rings is 1. The number of nitrogens with one attached hydrogen (secondary N) is 1. The summed E-state index contributed by atoms with van der Waals surface area (Å²) in [5.41, 5.74) is 0.808. The molecule has 0 saturated heterocycles. The molecule has 0 aliphatic heterocycles. The molecule has 1 amide bonds. The Hall–Kier alpha value is -3.71. The molecule has 7 nitrogen and oxygen atoms in total. The van der Waals surface area contributed by atoms with Crippen molar-refractivity contribution in [2.75, 3.05) is 0 Å². The van der Waals surface area contributed by atoms with Crippen LogP contribution in [0.3, 0.4) is 0 Å². The van der Waals surface area contributed by atoms with Crippen molar-refractivity contribution in [1.29, 1.82) is 0 Å². The molecular formula is C23H18ClN3O4. The van der Waals surface area contributed by atoms with Gasteiger partial charge in [-0.3, -0.25) is 14.4 Å². The summed E-state index contributed by atoms with van der Waals surface area (Å²) < 4.78 is 6.73. The topological polar surface area (TPSA) is 94.2 Å². The van der Waals surface area contributed by atoms with Gasteiger partial charge in [-0.15, -0.1) is 0 Å².